The van der Waals surface area contributed by atoms with Crippen molar-refractivity contribution in [1.82, 2.24) is 9.55 Å². The molecule has 8 rings (SSSR count). The summed E-state index contributed by atoms with van der Waals surface area (Å²) in [5.74, 6) is 1.30. The van der Waals surface area contributed by atoms with Gasteiger partial charge in [0.05, 0.1) is 27.8 Å². The first-order chi connectivity index (χ1) is 25.0. The Bertz CT molecular complexity index is 2630. The Morgan fingerprint density at radius 3 is 1.87 bits per heavy atom. The van der Waals surface area contributed by atoms with E-state index in [9.17, 15) is 5.26 Å². The third kappa shape index (κ3) is 5.49. The van der Waals surface area contributed by atoms with Crippen LogP contribution < -0.4 is 0 Å². The van der Waals surface area contributed by atoms with Gasteiger partial charge >= 0.3 is 0 Å². The molecule has 0 saturated carbocycles. The summed E-state index contributed by atoms with van der Waals surface area (Å²) >= 11 is 0. The molecule has 0 bridgehead atoms. The van der Waals surface area contributed by atoms with Crippen molar-refractivity contribution in [3.63, 3.8) is 0 Å². The quantitative estimate of drug-likeness (QED) is 0.176. The molecule has 0 aliphatic carbocycles. The van der Waals surface area contributed by atoms with Crippen molar-refractivity contribution in [3.8, 4) is 45.4 Å². The van der Waals surface area contributed by atoms with Crippen molar-refractivity contribution in [2.45, 2.75) is 65.7 Å². The first-order valence-corrected chi connectivity index (χ1v) is 18.3. The minimum atomic E-state index is -0.203. The minimum absolute atomic E-state index is 0.203. The Labute approximate surface area is 306 Å². The van der Waals surface area contributed by atoms with Gasteiger partial charge in [0.1, 0.15) is 17.5 Å². The first kappa shape index (κ1) is 33.2. The third-order valence-corrected chi connectivity index (χ3v) is 10.4. The number of hydrogen-bond donors (Lipinski definition) is 0. The summed E-state index contributed by atoms with van der Waals surface area (Å²) in [6, 6.07) is 45.5. The summed E-state index contributed by atoms with van der Waals surface area (Å²) in [5.41, 5.74) is 14.1. The number of aromatic nitrogens is 2. The predicted molar refractivity (Wildman–Crippen MR) is 216 cm³/mol. The van der Waals surface area contributed by atoms with Crippen LogP contribution in [0, 0.1) is 11.3 Å². The van der Waals surface area contributed by atoms with Gasteiger partial charge in [-0.05, 0) is 86.5 Å². The van der Waals surface area contributed by atoms with Gasteiger partial charge in [-0.15, -0.1) is 0 Å². The summed E-state index contributed by atoms with van der Waals surface area (Å²) in [6.07, 6.45) is 0. The lowest BCUT2D eigenvalue weighted by atomic mass is 9.83. The second-order valence-electron chi connectivity index (χ2n) is 15.5. The Kier molecular flexibility index (Phi) is 8.11. The van der Waals surface area contributed by atoms with Gasteiger partial charge in [-0.25, -0.2) is 4.98 Å². The van der Waals surface area contributed by atoms with Gasteiger partial charge in [0.2, 0.25) is 0 Å². The molecule has 2 heterocycles. The number of para-hydroxylation sites is 3. The summed E-state index contributed by atoms with van der Waals surface area (Å²) in [5, 5.41) is 12.3. The summed E-state index contributed by atoms with van der Waals surface area (Å²) in [6.45, 7) is 15.5. The SMILES string of the molecule is CC(C)c1cc(-c2ccc(-c3ccccc3)cc2)cc(C(C)C)c1-n1c(-c2cccc3c2oc2c(C#N)c(C(C)(C)C)ccc23)nc2ccccc21. The predicted octanol–water partition coefficient (Wildman–Crippen LogP) is 13.3. The van der Waals surface area contributed by atoms with Crippen LogP contribution in [0.2, 0.25) is 0 Å². The molecule has 8 aromatic rings. The molecule has 0 fully saturated rings. The smallest absolute Gasteiger partial charge is 0.153 e. The molecule has 4 nitrogen and oxygen atoms in total. The normalized spacial score (nSPS) is 12.1. The fourth-order valence-corrected chi connectivity index (χ4v) is 7.68. The number of nitrogens with zero attached hydrogens (tertiary/aromatic N) is 3. The van der Waals surface area contributed by atoms with E-state index >= 15 is 0 Å². The fraction of sp³-hybridized carbons (Fsp3) is 0.208. The largest absolute Gasteiger partial charge is 0.454 e. The van der Waals surface area contributed by atoms with Gasteiger partial charge in [-0.2, -0.15) is 5.26 Å². The van der Waals surface area contributed by atoms with Gasteiger partial charge in [0.15, 0.2) is 5.58 Å². The highest BCUT2D eigenvalue weighted by Gasteiger charge is 2.27. The van der Waals surface area contributed by atoms with Crippen molar-refractivity contribution in [1.29, 1.82) is 5.26 Å². The molecule has 0 aliphatic heterocycles. The molecular weight excluding hydrogens is 635 g/mol. The van der Waals surface area contributed by atoms with Gasteiger partial charge in [0.25, 0.3) is 0 Å². The molecule has 0 radical (unpaired) electrons. The molecular formula is C48H43N3O. The highest BCUT2D eigenvalue weighted by atomic mass is 16.3. The van der Waals surface area contributed by atoms with E-state index in [-0.39, 0.29) is 17.3 Å². The van der Waals surface area contributed by atoms with Crippen LogP contribution in [0.15, 0.2) is 126 Å². The molecule has 0 atom stereocenters. The van der Waals surface area contributed by atoms with Gasteiger partial charge in [-0.1, -0.05) is 139 Å². The van der Waals surface area contributed by atoms with Crippen molar-refractivity contribution in [2.24, 2.45) is 0 Å². The Balaban J connectivity index is 1.38. The Morgan fingerprint density at radius 2 is 1.23 bits per heavy atom. The zero-order chi connectivity index (χ0) is 36.3. The number of fused-ring (bicyclic) bond motifs is 4. The molecule has 0 N–H and O–H groups in total. The van der Waals surface area contributed by atoms with Crippen LogP contribution in [-0.4, -0.2) is 9.55 Å². The molecule has 6 aromatic carbocycles. The first-order valence-electron chi connectivity index (χ1n) is 18.3. The number of imidazole rings is 1. The molecule has 0 saturated heterocycles. The number of hydrogen-bond acceptors (Lipinski definition) is 3. The van der Waals surface area contributed by atoms with Gasteiger partial charge in [0, 0.05) is 10.8 Å². The topological polar surface area (TPSA) is 54.8 Å². The van der Waals surface area contributed by atoms with Gasteiger partial charge in [-0.3, -0.25) is 4.57 Å². The molecule has 4 heteroatoms. The maximum atomic E-state index is 10.4. The lowest BCUT2D eigenvalue weighted by Crippen LogP contribution is -2.13. The van der Waals surface area contributed by atoms with E-state index in [4.69, 9.17) is 9.40 Å². The standard InChI is InChI=1S/C48H43N3O/c1-29(2)38-26-34(33-22-20-32(21-23-33)31-14-9-8-10-15-31)27-39(30(3)4)44(38)51-43-19-12-11-18-42(43)50-47(51)37-17-13-16-35-36-24-25-41(48(5,6)7)40(28-49)46(36)52-45(35)37/h8-27,29-30H,1-7H3. The van der Waals surface area contributed by atoms with Crippen LogP contribution in [0.1, 0.15) is 82.6 Å². The van der Waals surface area contributed by atoms with Crippen molar-refractivity contribution < 1.29 is 4.42 Å². The van der Waals surface area contributed by atoms with E-state index in [2.05, 4.69) is 174 Å². The summed E-state index contributed by atoms with van der Waals surface area (Å²) in [4.78, 5) is 5.34. The number of furan rings is 1. The average molecular weight is 678 g/mol. The lowest BCUT2D eigenvalue weighted by molar-refractivity contribution is 0.585. The van der Waals surface area contributed by atoms with Crippen LogP contribution in [0.25, 0.3) is 72.3 Å². The molecule has 0 aliphatic rings. The lowest BCUT2D eigenvalue weighted by Gasteiger charge is -2.24. The molecule has 0 unspecified atom stereocenters. The maximum Gasteiger partial charge on any atom is 0.153 e. The highest BCUT2D eigenvalue weighted by molar-refractivity contribution is 6.11. The van der Waals surface area contributed by atoms with E-state index in [1.54, 1.807) is 0 Å². The summed E-state index contributed by atoms with van der Waals surface area (Å²) < 4.78 is 9.14. The monoisotopic (exact) mass is 677 g/mol. The van der Waals surface area contributed by atoms with Crippen LogP contribution >= 0.6 is 0 Å². The zero-order valence-electron chi connectivity index (χ0n) is 31.0. The van der Waals surface area contributed by atoms with E-state index in [1.165, 1.54) is 39.1 Å². The van der Waals surface area contributed by atoms with Crippen LogP contribution in [0.4, 0.5) is 0 Å². The average Bonchev–Trinajstić information content (AvgIpc) is 3.73. The fourth-order valence-electron chi connectivity index (χ4n) is 7.68. The molecule has 256 valence electrons. The molecule has 0 amide bonds. The Morgan fingerprint density at radius 1 is 0.635 bits per heavy atom. The van der Waals surface area contributed by atoms with Crippen molar-refractivity contribution >= 4 is 33.0 Å². The van der Waals surface area contributed by atoms with Crippen molar-refractivity contribution in [2.75, 3.05) is 0 Å². The van der Waals surface area contributed by atoms with Crippen LogP contribution in [0.3, 0.4) is 0 Å². The summed E-state index contributed by atoms with van der Waals surface area (Å²) in [7, 11) is 0. The Hall–Kier alpha value is -5.92. The number of nitriles is 1. The number of rotatable bonds is 6. The van der Waals surface area contributed by atoms with E-state index in [1.807, 2.05) is 6.07 Å². The van der Waals surface area contributed by atoms with E-state index < -0.39 is 0 Å². The molecule has 52 heavy (non-hydrogen) atoms. The molecule has 0 spiro atoms. The third-order valence-electron chi connectivity index (χ3n) is 10.4. The highest BCUT2D eigenvalue weighted by Crippen LogP contribution is 2.44. The van der Waals surface area contributed by atoms with E-state index in [0.29, 0.717) is 11.1 Å². The maximum absolute atomic E-state index is 10.4. The molecule has 2 aromatic heterocycles. The second kappa shape index (κ2) is 12.7. The van der Waals surface area contributed by atoms with Crippen LogP contribution in [0.5, 0.6) is 0 Å². The van der Waals surface area contributed by atoms with E-state index in [0.717, 1.165) is 44.3 Å². The second-order valence-corrected chi connectivity index (χ2v) is 15.5. The van der Waals surface area contributed by atoms with Crippen molar-refractivity contribution in [3.05, 3.63) is 144 Å². The number of benzene rings is 6. The zero-order valence-corrected chi connectivity index (χ0v) is 31.0. The van der Waals surface area contributed by atoms with Gasteiger partial charge < -0.3 is 4.42 Å². The minimum Gasteiger partial charge on any atom is -0.454 e. The van der Waals surface area contributed by atoms with Crippen LogP contribution in [-0.2, 0) is 5.41 Å².